The van der Waals surface area contributed by atoms with Crippen LogP contribution in [0.15, 0.2) is 60.8 Å². The number of para-hydroxylation sites is 1. The first-order valence-corrected chi connectivity index (χ1v) is 10.5. The number of Topliss-reactive ketones (excluding diaryl/α,β-unsaturated/α-hetero) is 1. The van der Waals surface area contributed by atoms with Crippen LogP contribution in [0.4, 0.5) is 9.18 Å². The van der Waals surface area contributed by atoms with Crippen molar-refractivity contribution in [3.63, 3.8) is 0 Å². The maximum Gasteiger partial charge on any atom is 0.344 e. The molecule has 1 fully saturated rings. The summed E-state index contributed by atoms with van der Waals surface area (Å²) in [4.78, 5) is 28.2. The Hall–Kier alpha value is -3.52. The Morgan fingerprint density at radius 3 is 2.59 bits per heavy atom. The quantitative estimate of drug-likeness (QED) is 0.561. The second-order valence-electron chi connectivity index (χ2n) is 7.94. The maximum atomic E-state index is 14.2. The molecule has 1 saturated heterocycles. The van der Waals surface area contributed by atoms with Gasteiger partial charge in [-0.25, -0.2) is 9.18 Å². The summed E-state index contributed by atoms with van der Waals surface area (Å²) in [6.07, 6.45) is 1.52. The topological polar surface area (TPSA) is 67.7 Å². The van der Waals surface area contributed by atoms with E-state index in [1.54, 1.807) is 35.2 Å². The Labute approximate surface area is 186 Å². The first kappa shape index (κ1) is 21.7. The number of carbonyl (C=O) groups excluding carboxylic acids is 2. The highest BCUT2D eigenvalue weighted by atomic mass is 19.1. The molecule has 0 saturated carbocycles. The van der Waals surface area contributed by atoms with Crippen LogP contribution in [0, 0.1) is 5.82 Å². The van der Waals surface area contributed by atoms with Crippen LogP contribution in [0.1, 0.15) is 29.9 Å². The molecule has 3 aromatic rings. The van der Waals surface area contributed by atoms with Crippen molar-refractivity contribution >= 4 is 11.8 Å². The molecule has 1 aromatic heterocycles. The van der Waals surface area contributed by atoms with Gasteiger partial charge in [0.25, 0.3) is 0 Å². The molecule has 1 amide bonds. The molecule has 0 N–H and O–H groups in total. The summed E-state index contributed by atoms with van der Waals surface area (Å²) in [5, 5.41) is 4.07. The minimum atomic E-state index is -0.412. The van der Waals surface area contributed by atoms with Gasteiger partial charge in [0.2, 0.25) is 0 Å². The third kappa shape index (κ3) is 4.86. The molecule has 1 atom stereocenters. The predicted molar refractivity (Wildman–Crippen MR) is 117 cm³/mol. The van der Waals surface area contributed by atoms with Gasteiger partial charge in [0.1, 0.15) is 11.4 Å². The number of halogens is 1. The van der Waals surface area contributed by atoms with Crippen LogP contribution in [0.3, 0.4) is 0 Å². The van der Waals surface area contributed by atoms with Gasteiger partial charge in [-0.2, -0.15) is 9.78 Å². The number of hydrogen-bond donors (Lipinski definition) is 0. The molecule has 2 aromatic carbocycles. The van der Waals surface area contributed by atoms with Crippen LogP contribution < -0.4 is 4.74 Å². The largest absolute Gasteiger partial charge is 0.454 e. The predicted octanol–water partition coefficient (Wildman–Crippen LogP) is 4.19. The number of hydrogen-bond acceptors (Lipinski definition) is 5. The van der Waals surface area contributed by atoms with E-state index in [9.17, 15) is 14.0 Å². The first-order valence-electron chi connectivity index (χ1n) is 10.5. The Morgan fingerprint density at radius 2 is 1.91 bits per heavy atom. The summed E-state index contributed by atoms with van der Waals surface area (Å²) in [5.74, 6) is 0.182. The monoisotopic (exact) mass is 436 g/mol. The number of ether oxygens (including phenoxy) is 1. The van der Waals surface area contributed by atoms with Gasteiger partial charge in [0, 0.05) is 45.3 Å². The van der Waals surface area contributed by atoms with Crippen molar-refractivity contribution in [3.05, 3.63) is 77.9 Å². The van der Waals surface area contributed by atoms with Crippen molar-refractivity contribution in [1.29, 1.82) is 0 Å². The van der Waals surface area contributed by atoms with E-state index in [0.29, 0.717) is 31.9 Å². The molecule has 2 heterocycles. The van der Waals surface area contributed by atoms with Gasteiger partial charge in [0.15, 0.2) is 17.3 Å². The Bertz CT molecular complexity index is 1120. The van der Waals surface area contributed by atoms with Crippen LogP contribution >= 0.6 is 0 Å². The van der Waals surface area contributed by atoms with Crippen molar-refractivity contribution in [1.82, 2.24) is 19.6 Å². The molecule has 1 aliphatic rings. The van der Waals surface area contributed by atoms with Crippen molar-refractivity contribution < 1.29 is 18.7 Å². The molecule has 8 heteroatoms. The summed E-state index contributed by atoms with van der Waals surface area (Å²) in [7, 11) is 0. The zero-order chi connectivity index (χ0) is 22.7. The Morgan fingerprint density at radius 1 is 1.12 bits per heavy atom. The fourth-order valence-electron chi connectivity index (χ4n) is 3.81. The second-order valence-corrected chi connectivity index (χ2v) is 7.94. The molecule has 0 aliphatic carbocycles. The highest BCUT2D eigenvalue weighted by Crippen LogP contribution is 2.26. The molecule has 166 valence electrons. The van der Waals surface area contributed by atoms with E-state index in [4.69, 9.17) is 4.74 Å². The zero-order valence-corrected chi connectivity index (χ0v) is 18.1. The molecular formula is C24H25FN4O3. The zero-order valence-electron chi connectivity index (χ0n) is 18.1. The minimum absolute atomic E-state index is 0.0401. The number of rotatable bonds is 5. The third-order valence-corrected chi connectivity index (χ3v) is 5.48. The molecule has 0 bridgehead atoms. The standard InChI is InChI=1S/C24H25FN4O3/c1-17-15-27(12-13-28(17)24(31)29-11-10-22(26-29)18(2)30)16-19-8-9-21(25)23(14-19)32-20-6-4-3-5-7-20/h3-11,14,17H,12-13,15-16H2,1-2H3/t17-/m1/s1. The highest BCUT2D eigenvalue weighted by molar-refractivity contribution is 5.92. The summed E-state index contributed by atoms with van der Waals surface area (Å²) in [6, 6.07) is 15.3. The van der Waals surface area contributed by atoms with E-state index in [-0.39, 0.29) is 29.3 Å². The minimum Gasteiger partial charge on any atom is -0.454 e. The lowest BCUT2D eigenvalue weighted by Gasteiger charge is -2.39. The summed E-state index contributed by atoms with van der Waals surface area (Å²) < 4.78 is 21.2. The number of benzene rings is 2. The number of piperazine rings is 1. The van der Waals surface area contributed by atoms with Gasteiger partial charge in [-0.1, -0.05) is 24.3 Å². The average molecular weight is 436 g/mol. The number of aromatic nitrogens is 2. The first-order chi connectivity index (χ1) is 15.4. The van der Waals surface area contributed by atoms with Crippen LogP contribution in [-0.4, -0.2) is 57.1 Å². The highest BCUT2D eigenvalue weighted by Gasteiger charge is 2.29. The molecule has 7 nitrogen and oxygen atoms in total. The number of nitrogens with zero attached hydrogens (tertiary/aromatic N) is 4. The lowest BCUT2D eigenvalue weighted by molar-refractivity contribution is 0.0964. The fourth-order valence-corrected chi connectivity index (χ4v) is 3.81. The second kappa shape index (κ2) is 9.32. The Balaban J connectivity index is 1.39. The fraction of sp³-hybridized carbons (Fsp3) is 0.292. The lowest BCUT2D eigenvalue weighted by atomic mass is 10.1. The van der Waals surface area contributed by atoms with Gasteiger partial charge < -0.3 is 9.64 Å². The maximum absolute atomic E-state index is 14.2. The van der Waals surface area contributed by atoms with Gasteiger partial charge in [-0.3, -0.25) is 9.69 Å². The van der Waals surface area contributed by atoms with E-state index >= 15 is 0 Å². The molecule has 0 unspecified atom stereocenters. The summed E-state index contributed by atoms with van der Waals surface area (Å²) in [6.45, 7) is 5.89. The third-order valence-electron chi connectivity index (χ3n) is 5.48. The van der Waals surface area contributed by atoms with Gasteiger partial charge in [-0.15, -0.1) is 0 Å². The van der Waals surface area contributed by atoms with Crippen LogP contribution in [0.5, 0.6) is 11.5 Å². The number of amides is 1. The van der Waals surface area contributed by atoms with Gasteiger partial charge in [0.05, 0.1) is 0 Å². The SMILES string of the molecule is CC(=O)c1ccn(C(=O)N2CCN(Cc3ccc(F)c(Oc4ccccc4)c3)C[C@H]2C)n1. The molecule has 1 aliphatic heterocycles. The van der Waals surface area contributed by atoms with Crippen molar-refractivity contribution in [2.75, 3.05) is 19.6 Å². The Kier molecular flexibility index (Phi) is 6.32. The average Bonchev–Trinajstić information content (AvgIpc) is 3.27. The lowest BCUT2D eigenvalue weighted by Crippen LogP contribution is -2.54. The summed E-state index contributed by atoms with van der Waals surface area (Å²) in [5.41, 5.74) is 1.21. The van der Waals surface area contributed by atoms with E-state index in [2.05, 4.69) is 10.00 Å². The van der Waals surface area contributed by atoms with E-state index in [1.165, 1.54) is 23.9 Å². The van der Waals surface area contributed by atoms with Gasteiger partial charge in [-0.05, 0) is 42.8 Å². The molecular weight excluding hydrogens is 411 g/mol. The normalized spacial score (nSPS) is 16.7. The smallest absolute Gasteiger partial charge is 0.344 e. The van der Waals surface area contributed by atoms with E-state index in [0.717, 1.165) is 5.56 Å². The van der Waals surface area contributed by atoms with E-state index in [1.807, 2.05) is 25.1 Å². The van der Waals surface area contributed by atoms with Gasteiger partial charge >= 0.3 is 6.03 Å². The van der Waals surface area contributed by atoms with Crippen LogP contribution in [0.25, 0.3) is 0 Å². The van der Waals surface area contributed by atoms with E-state index < -0.39 is 5.82 Å². The van der Waals surface area contributed by atoms with Crippen LogP contribution in [-0.2, 0) is 6.54 Å². The van der Waals surface area contributed by atoms with Crippen molar-refractivity contribution in [2.45, 2.75) is 26.4 Å². The summed E-state index contributed by atoms with van der Waals surface area (Å²) >= 11 is 0. The molecule has 32 heavy (non-hydrogen) atoms. The van der Waals surface area contributed by atoms with Crippen molar-refractivity contribution in [3.8, 4) is 11.5 Å². The molecule has 0 radical (unpaired) electrons. The number of carbonyl (C=O) groups is 2. The number of ketones is 1. The van der Waals surface area contributed by atoms with Crippen molar-refractivity contribution in [2.24, 2.45) is 0 Å². The molecule has 4 rings (SSSR count). The van der Waals surface area contributed by atoms with Crippen LogP contribution in [0.2, 0.25) is 0 Å². The molecule has 0 spiro atoms.